The van der Waals surface area contributed by atoms with E-state index >= 15 is 0 Å². The van der Waals surface area contributed by atoms with Crippen LogP contribution < -0.4 is 10.1 Å². The van der Waals surface area contributed by atoms with Crippen LogP contribution >= 0.6 is 11.8 Å². The number of pyridine rings is 1. The number of hydrogen-bond donors (Lipinski definition) is 1. The third kappa shape index (κ3) is 5.17. The van der Waals surface area contributed by atoms with Gasteiger partial charge in [-0.05, 0) is 55.3 Å². The molecular weight excluding hydrogens is 434 g/mol. The van der Waals surface area contributed by atoms with Gasteiger partial charge >= 0.3 is 0 Å². The van der Waals surface area contributed by atoms with Crippen LogP contribution in [-0.2, 0) is 14.8 Å². The van der Waals surface area contributed by atoms with Crippen molar-refractivity contribution in [2.75, 3.05) is 32.3 Å². The van der Waals surface area contributed by atoms with Crippen molar-refractivity contribution in [1.82, 2.24) is 9.29 Å². The number of methoxy groups -OCH3 is 1. The molecule has 0 spiro atoms. The maximum atomic E-state index is 12.5. The maximum Gasteiger partial charge on any atom is 0.242 e. The van der Waals surface area contributed by atoms with E-state index in [0.29, 0.717) is 5.69 Å². The average Bonchev–Trinajstić information content (AvgIpc) is 2.73. The van der Waals surface area contributed by atoms with E-state index in [0.717, 1.165) is 37.1 Å². The quantitative estimate of drug-likeness (QED) is 0.540. The molecule has 0 saturated heterocycles. The van der Waals surface area contributed by atoms with E-state index < -0.39 is 10.0 Å². The van der Waals surface area contributed by atoms with Crippen molar-refractivity contribution in [3.05, 3.63) is 53.6 Å². The summed E-state index contributed by atoms with van der Waals surface area (Å²) in [5.74, 6) is 0.631. The van der Waals surface area contributed by atoms with Crippen molar-refractivity contribution in [3.63, 3.8) is 0 Å². The zero-order valence-corrected chi connectivity index (χ0v) is 19.7. The van der Waals surface area contributed by atoms with Crippen LogP contribution in [0.3, 0.4) is 0 Å². The highest BCUT2D eigenvalue weighted by atomic mass is 32.2. The van der Waals surface area contributed by atoms with Gasteiger partial charge in [0, 0.05) is 31.2 Å². The number of anilines is 1. The van der Waals surface area contributed by atoms with Gasteiger partial charge in [-0.3, -0.25) is 4.79 Å². The number of nitrogens with one attached hydrogen (secondary N) is 1. The first-order valence-electron chi connectivity index (χ1n) is 9.53. The van der Waals surface area contributed by atoms with Crippen molar-refractivity contribution >= 4 is 44.3 Å². The number of benzene rings is 2. The highest BCUT2D eigenvalue weighted by Crippen LogP contribution is 2.27. The SMILES string of the molecule is COc1ccc2c(C)cc(SCC(=O)Nc3cc(S(=O)(=O)N(C)C)ccc3C)nc2c1. The smallest absolute Gasteiger partial charge is 0.242 e. The molecule has 1 aromatic heterocycles. The number of nitrogens with zero attached hydrogens (tertiary/aromatic N) is 2. The van der Waals surface area contributed by atoms with E-state index in [9.17, 15) is 13.2 Å². The molecule has 0 atom stereocenters. The van der Waals surface area contributed by atoms with Gasteiger partial charge in [0.15, 0.2) is 0 Å². The maximum absolute atomic E-state index is 12.5. The number of aryl methyl sites for hydroxylation is 2. The fourth-order valence-corrected chi connectivity index (χ4v) is 4.69. The van der Waals surface area contributed by atoms with E-state index in [1.54, 1.807) is 13.2 Å². The first kappa shape index (κ1) is 23.1. The van der Waals surface area contributed by atoms with Gasteiger partial charge in [-0.15, -0.1) is 0 Å². The zero-order chi connectivity index (χ0) is 22.8. The van der Waals surface area contributed by atoms with Crippen LogP contribution in [0.15, 0.2) is 52.4 Å². The Bertz CT molecular complexity index is 1240. The molecule has 0 aliphatic carbocycles. The summed E-state index contributed by atoms with van der Waals surface area (Å²) in [6, 6.07) is 12.4. The minimum Gasteiger partial charge on any atom is -0.497 e. The van der Waals surface area contributed by atoms with Crippen LogP contribution in [0.2, 0.25) is 0 Å². The molecule has 0 saturated carbocycles. The predicted molar refractivity (Wildman–Crippen MR) is 124 cm³/mol. The van der Waals surface area contributed by atoms with E-state index in [1.807, 2.05) is 38.1 Å². The van der Waals surface area contributed by atoms with Crippen molar-refractivity contribution in [1.29, 1.82) is 0 Å². The minimum atomic E-state index is -3.58. The second-order valence-electron chi connectivity index (χ2n) is 7.26. The Morgan fingerprint density at radius 1 is 1.10 bits per heavy atom. The third-order valence-electron chi connectivity index (χ3n) is 4.81. The lowest BCUT2D eigenvalue weighted by Crippen LogP contribution is -2.22. The monoisotopic (exact) mass is 459 g/mol. The molecular formula is C22H25N3O4S2. The van der Waals surface area contributed by atoms with Crippen LogP contribution in [0.4, 0.5) is 5.69 Å². The van der Waals surface area contributed by atoms with Crippen LogP contribution in [-0.4, -0.2) is 50.6 Å². The van der Waals surface area contributed by atoms with Gasteiger partial charge in [0.1, 0.15) is 5.75 Å². The first-order valence-corrected chi connectivity index (χ1v) is 12.0. The second kappa shape index (κ2) is 9.25. The molecule has 1 heterocycles. The third-order valence-corrected chi connectivity index (χ3v) is 7.54. The molecule has 3 rings (SSSR count). The Morgan fingerprint density at radius 3 is 2.52 bits per heavy atom. The van der Waals surface area contributed by atoms with Crippen LogP contribution in [0.1, 0.15) is 11.1 Å². The fraction of sp³-hybridized carbons (Fsp3) is 0.273. The summed E-state index contributed by atoms with van der Waals surface area (Å²) in [4.78, 5) is 17.3. The molecule has 0 aliphatic rings. The number of amides is 1. The van der Waals surface area contributed by atoms with Crippen LogP contribution in [0.5, 0.6) is 5.75 Å². The number of aromatic nitrogens is 1. The Kier molecular flexibility index (Phi) is 6.88. The molecule has 9 heteroatoms. The van der Waals surface area contributed by atoms with Gasteiger partial charge in [0.25, 0.3) is 0 Å². The van der Waals surface area contributed by atoms with E-state index in [1.165, 1.54) is 38.0 Å². The molecule has 2 aromatic carbocycles. The number of thioether (sulfide) groups is 1. The standard InChI is InChI=1S/C22H25N3O4S2/c1-14-6-8-17(31(27,28)25(3)4)12-19(14)23-21(26)13-30-22-10-15(2)18-9-7-16(29-5)11-20(18)24-22/h6-12H,13H2,1-5H3,(H,23,26). The summed E-state index contributed by atoms with van der Waals surface area (Å²) in [5, 5.41) is 4.57. The lowest BCUT2D eigenvalue weighted by molar-refractivity contribution is -0.113. The van der Waals surface area contributed by atoms with E-state index in [4.69, 9.17) is 4.74 Å². The average molecular weight is 460 g/mol. The zero-order valence-electron chi connectivity index (χ0n) is 18.1. The summed E-state index contributed by atoms with van der Waals surface area (Å²) in [5.41, 5.74) is 3.12. The van der Waals surface area contributed by atoms with Gasteiger partial charge < -0.3 is 10.1 Å². The van der Waals surface area contributed by atoms with Crippen LogP contribution in [0, 0.1) is 13.8 Å². The number of ether oxygens (including phenoxy) is 1. The van der Waals surface area contributed by atoms with Gasteiger partial charge in [-0.25, -0.2) is 17.7 Å². The van der Waals surface area contributed by atoms with E-state index in [2.05, 4.69) is 10.3 Å². The summed E-state index contributed by atoms with van der Waals surface area (Å²) < 4.78 is 31.1. The summed E-state index contributed by atoms with van der Waals surface area (Å²) in [7, 11) is 0.968. The Labute approximate surface area is 186 Å². The van der Waals surface area contributed by atoms with Crippen LogP contribution in [0.25, 0.3) is 10.9 Å². The van der Waals surface area contributed by atoms with Crippen molar-refractivity contribution in [3.8, 4) is 5.75 Å². The van der Waals surface area contributed by atoms with Gasteiger partial charge in [0.2, 0.25) is 15.9 Å². The Hall–Kier alpha value is -2.62. The molecule has 1 amide bonds. The second-order valence-corrected chi connectivity index (χ2v) is 10.4. The Balaban J connectivity index is 1.75. The summed E-state index contributed by atoms with van der Waals surface area (Å²) in [6.45, 7) is 3.82. The lowest BCUT2D eigenvalue weighted by Gasteiger charge is -2.14. The number of sulfonamides is 1. The summed E-state index contributed by atoms with van der Waals surface area (Å²) >= 11 is 1.32. The number of carbonyl (C=O) groups excluding carboxylic acids is 1. The molecule has 0 unspecified atom stereocenters. The fourth-order valence-electron chi connectivity index (χ4n) is 2.99. The highest BCUT2D eigenvalue weighted by molar-refractivity contribution is 7.99. The Morgan fingerprint density at radius 2 is 1.84 bits per heavy atom. The van der Waals surface area contributed by atoms with Crippen molar-refractivity contribution < 1.29 is 17.9 Å². The van der Waals surface area contributed by atoms with E-state index in [-0.39, 0.29) is 16.6 Å². The molecule has 3 aromatic rings. The highest BCUT2D eigenvalue weighted by Gasteiger charge is 2.19. The molecule has 0 radical (unpaired) electrons. The summed E-state index contributed by atoms with van der Waals surface area (Å²) in [6.07, 6.45) is 0. The number of hydrogen-bond acceptors (Lipinski definition) is 6. The number of carbonyl (C=O) groups is 1. The molecule has 0 bridgehead atoms. The molecule has 7 nitrogen and oxygen atoms in total. The predicted octanol–water partition coefficient (Wildman–Crippen LogP) is 3.84. The topological polar surface area (TPSA) is 88.6 Å². The van der Waals surface area contributed by atoms with Crippen molar-refractivity contribution in [2.24, 2.45) is 0 Å². The van der Waals surface area contributed by atoms with Gasteiger partial charge in [-0.2, -0.15) is 0 Å². The number of rotatable bonds is 7. The largest absolute Gasteiger partial charge is 0.497 e. The molecule has 0 aliphatic heterocycles. The van der Waals surface area contributed by atoms with Crippen molar-refractivity contribution in [2.45, 2.75) is 23.8 Å². The number of fused-ring (bicyclic) bond motifs is 1. The van der Waals surface area contributed by atoms with Gasteiger partial charge in [0.05, 0.1) is 28.3 Å². The molecule has 31 heavy (non-hydrogen) atoms. The molecule has 1 N–H and O–H groups in total. The minimum absolute atomic E-state index is 0.131. The molecule has 0 fully saturated rings. The lowest BCUT2D eigenvalue weighted by atomic mass is 10.1. The molecule has 164 valence electrons. The normalized spacial score (nSPS) is 11.7. The van der Waals surface area contributed by atoms with Gasteiger partial charge in [-0.1, -0.05) is 17.8 Å². The first-order chi connectivity index (χ1) is 14.6.